The molecule has 0 radical (unpaired) electrons. The van der Waals surface area contributed by atoms with E-state index >= 15 is 0 Å². The number of hydrogen-bond donors (Lipinski definition) is 2. The lowest BCUT2D eigenvalue weighted by molar-refractivity contribution is -0.100. The number of hydrogen-bond acceptors (Lipinski definition) is 4. The Morgan fingerprint density at radius 2 is 2.23 bits per heavy atom. The van der Waals surface area contributed by atoms with Crippen molar-refractivity contribution in [1.29, 1.82) is 0 Å². The van der Waals surface area contributed by atoms with E-state index in [1.807, 2.05) is 55.6 Å². The standard InChI is InChI=1S/C17H17N3O2/c1-2-22-17(21)15-10-12(11-19-15)5-7-14-8-6-13-4-3-9-18-16(13)20-14/h3-11,17,19,21H,2H2,1H3/b7-5+. The monoisotopic (exact) mass is 295 g/mol. The second-order valence-corrected chi connectivity index (χ2v) is 4.82. The molecule has 0 aromatic carbocycles. The van der Waals surface area contributed by atoms with Crippen LogP contribution in [0.2, 0.25) is 0 Å². The molecule has 5 heteroatoms. The van der Waals surface area contributed by atoms with Gasteiger partial charge in [-0.25, -0.2) is 9.97 Å². The molecular weight excluding hydrogens is 278 g/mol. The van der Waals surface area contributed by atoms with Crippen molar-refractivity contribution in [3.63, 3.8) is 0 Å². The van der Waals surface area contributed by atoms with Crippen LogP contribution in [-0.2, 0) is 4.74 Å². The van der Waals surface area contributed by atoms with Crippen molar-refractivity contribution in [2.24, 2.45) is 0 Å². The lowest BCUT2D eigenvalue weighted by Gasteiger charge is -2.07. The lowest BCUT2D eigenvalue weighted by atomic mass is 10.2. The van der Waals surface area contributed by atoms with Gasteiger partial charge in [0.25, 0.3) is 0 Å². The number of fused-ring (bicyclic) bond motifs is 1. The van der Waals surface area contributed by atoms with E-state index in [2.05, 4.69) is 15.0 Å². The Morgan fingerprint density at radius 3 is 3.09 bits per heavy atom. The van der Waals surface area contributed by atoms with Gasteiger partial charge in [-0.3, -0.25) is 0 Å². The number of pyridine rings is 2. The maximum Gasteiger partial charge on any atom is 0.196 e. The molecule has 0 amide bonds. The number of nitrogens with one attached hydrogen (secondary N) is 1. The first-order chi connectivity index (χ1) is 10.8. The quantitative estimate of drug-likeness (QED) is 0.709. The highest BCUT2D eigenvalue weighted by Gasteiger charge is 2.08. The van der Waals surface area contributed by atoms with Crippen molar-refractivity contribution in [2.45, 2.75) is 13.2 Å². The SMILES string of the molecule is CCOC(O)c1cc(/C=C/c2ccc3cccnc3n2)c[nH]1. The fourth-order valence-corrected chi connectivity index (χ4v) is 2.16. The minimum Gasteiger partial charge on any atom is -0.363 e. The molecule has 1 unspecified atom stereocenters. The highest BCUT2D eigenvalue weighted by molar-refractivity contribution is 5.77. The normalized spacial score (nSPS) is 13.0. The largest absolute Gasteiger partial charge is 0.363 e. The molecule has 0 aliphatic carbocycles. The van der Waals surface area contributed by atoms with Crippen molar-refractivity contribution >= 4 is 23.2 Å². The van der Waals surface area contributed by atoms with Gasteiger partial charge in [0, 0.05) is 24.4 Å². The van der Waals surface area contributed by atoms with E-state index in [9.17, 15) is 5.11 Å². The molecule has 3 aromatic rings. The van der Waals surface area contributed by atoms with Gasteiger partial charge in [-0.15, -0.1) is 0 Å². The molecule has 3 heterocycles. The molecule has 0 fully saturated rings. The first kappa shape index (κ1) is 14.4. The number of H-pyrrole nitrogens is 1. The van der Waals surface area contributed by atoms with Crippen LogP contribution >= 0.6 is 0 Å². The van der Waals surface area contributed by atoms with Gasteiger partial charge in [0.2, 0.25) is 0 Å². The molecule has 0 saturated carbocycles. The van der Waals surface area contributed by atoms with Crippen molar-refractivity contribution in [3.05, 3.63) is 59.7 Å². The molecular formula is C17H17N3O2. The van der Waals surface area contributed by atoms with Crippen molar-refractivity contribution in [1.82, 2.24) is 15.0 Å². The average molecular weight is 295 g/mol. The van der Waals surface area contributed by atoms with E-state index < -0.39 is 6.29 Å². The summed E-state index contributed by atoms with van der Waals surface area (Å²) in [6, 6.07) is 9.66. The van der Waals surface area contributed by atoms with E-state index in [1.54, 1.807) is 6.20 Å². The Kier molecular flexibility index (Phi) is 4.27. The summed E-state index contributed by atoms with van der Waals surface area (Å²) < 4.78 is 5.13. The fourth-order valence-electron chi connectivity index (χ4n) is 2.16. The number of aliphatic hydroxyl groups is 1. The van der Waals surface area contributed by atoms with Gasteiger partial charge in [-0.1, -0.05) is 6.08 Å². The van der Waals surface area contributed by atoms with Crippen molar-refractivity contribution in [2.75, 3.05) is 6.61 Å². The second-order valence-electron chi connectivity index (χ2n) is 4.82. The first-order valence-corrected chi connectivity index (χ1v) is 7.14. The van der Waals surface area contributed by atoms with Gasteiger partial charge in [0.05, 0.1) is 11.4 Å². The van der Waals surface area contributed by atoms with Crippen LogP contribution in [0.3, 0.4) is 0 Å². The average Bonchev–Trinajstić information content (AvgIpc) is 3.02. The zero-order chi connectivity index (χ0) is 15.4. The van der Waals surface area contributed by atoms with Crippen LogP contribution in [0.4, 0.5) is 0 Å². The Morgan fingerprint density at radius 1 is 1.32 bits per heavy atom. The number of aromatic nitrogens is 3. The Hall–Kier alpha value is -2.50. The van der Waals surface area contributed by atoms with Crippen LogP contribution in [0.15, 0.2) is 42.7 Å². The number of rotatable bonds is 5. The lowest BCUT2D eigenvalue weighted by Crippen LogP contribution is -2.02. The van der Waals surface area contributed by atoms with Crippen LogP contribution in [0, 0.1) is 0 Å². The highest BCUT2D eigenvalue weighted by atomic mass is 16.6. The predicted molar refractivity (Wildman–Crippen MR) is 85.8 cm³/mol. The zero-order valence-electron chi connectivity index (χ0n) is 12.2. The number of aromatic amines is 1. The van der Waals surface area contributed by atoms with Gasteiger partial charge < -0.3 is 14.8 Å². The minimum atomic E-state index is -0.921. The van der Waals surface area contributed by atoms with E-state index in [0.717, 1.165) is 22.3 Å². The zero-order valence-corrected chi connectivity index (χ0v) is 12.2. The van der Waals surface area contributed by atoms with Crippen molar-refractivity contribution in [3.8, 4) is 0 Å². The van der Waals surface area contributed by atoms with E-state index in [1.165, 1.54) is 0 Å². The Labute approximate surface area is 128 Å². The molecule has 3 aromatic heterocycles. The predicted octanol–water partition coefficient (Wildman–Crippen LogP) is 3.16. The fraction of sp³-hybridized carbons (Fsp3) is 0.176. The molecule has 0 aliphatic rings. The summed E-state index contributed by atoms with van der Waals surface area (Å²) in [5.74, 6) is 0. The molecule has 2 N–H and O–H groups in total. The third-order valence-corrected chi connectivity index (χ3v) is 3.25. The maximum absolute atomic E-state index is 9.74. The molecule has 5 nitrogen and oxygen atoms in total. The summed E-state index contributed by atoms with van der Waals surface area (Å²) in [7, 11) is 0. The summed E-state index contributed by atoms with van der Waals surface area (Å²) >= 11 is 0. The van der Waals surface area contributed by atoms with Gasteiger partial charge in [-0.2, -0.15) is 0 Å². The number of nitrogens with zero attached hydrogens (tertiary/aromatic N) is 2. The topological polar surface area (TPSA) is 71.0 Å². The third-order valence-electron chi connectivity index (χ3n) is 3.25. The van der Waals surface area contributed by atoms with E-state index in [0.29, 0.717) is 12.3 Å². The first-order valence-electron chi connectivity index (χ1n) is 7.14. The van der Waals surface area contributed by atoms with Crippen molar-refractivity contribution < 1.29 is 9.84 Å². The molecule has 22 heavy (non-hydrogen) atoms. The maximum atomic E-state index is 9.74. The molecule has 0 saturated heterocycles. The van der Waals surface area contributed by atoms with Crippen LogP contribution in [0.1, 0.15) is 30.2 Å². The summed E-state index contributed by atoms with van der Waals surface area (Å²) in [5, 5.41) is 10.8. The van der Waals surface area contributed by atoms with Gasteiger partial charge in [-0.05, 0) is 48.9 Å². The van der Waals surface area contributed by atoms with E-state index in [-0.39, 0.29) is 0 Å². The number of ether oxygens (including phenoxy) is 1. The van der Waals surface area contributed by atoms with Crippen LogP contribution in [0.25, 0.3) is 23.2 Å². The Bertz CT molecular complexity index is 795. The van der Waals surface area contributed by atoms with Crippen LogP contribution in [-0.4, -0.2) is 26.7 Å². The van der Waals surface area contributed by atoms with Crippen LogP contribution in [0.5, 0.6) is 0 Å². The molecule has 3 rings (SSSR count). The summed E-state index contributed by atoms with van der Waals surface area (Å²) in [6.07, 6.45) is 6.46. The Balaban J connectivity index is 1.77. The second kappa shape index (κ2) is 6.51. The molecule has 112 valence electrons. The summed E-state index contributed by atoms with van der Waals surface area (Å²) in [5.41, 5.74) is 3.14. The molecule has 0 spiro atoms. The van der Waals surface area contributed by atoms with Gasteiger partial charge in [0.15, 0.2) is 11.9 Å². The smallest absolute Gasteiger partial charge is 0.196 e. The third kappa shape index (κ3) is 3.21. The molecule has 0 aliphatic heterocycles. The van der Waals surface area contributed by atoms with Gasteiger partial charge in [0.1, 0.15) is 0 Å². The molecule has 1 atom stereocenters. The minimum absolute atomic E-state index is 0.458. The van der Waals surface area contributed by atoms with E-state index in [4.69, 9.17) is 4.74 Å². The van der Waals surface area contributed by atoms with Crippen LogP contribution < -0.4 is 0 Å². The van der Waals surface area contributed by atoms with Gasteiger partial charge >= 0.3 is 0 Å². The summed E-state index contributed by atoms with van der Waals surface area (Å²) in [4.78, 5) is 11.7. The summed E-state index contributed by atoms with van der Waals surface area (Å²) in [6.45, 7) is 2.30. The molecule has 0 bridgehead atoms. The number of aliphatic hydroxyl groups excluding tert-OH is 1. The highest BCUT2D eigenvalue weighted by Crippen LogP contribution is 2.16.